The SMILES string of the molecule is CCC(=O)CCC(CCCCC(=O)OC)[N+](=O)[O-]. The van der Waals surface area contributed by atoms with Gasteiger partial charge in [-0.1, -0.05) is 6.92 Å². The Balaban J connectivity index is 3.87. The van der Waals surface area contributed by atoms with E-state index in [1.807, 2.05) is 0 Å². The summed E-state index contributed by atoms with van der Waals surface area (Å²) in [7, 11) is 1.32. The van der Waals surface area contributed by atoms with Crippen molar-refractivity contribution in [1.82, 2.24) is 0 Å². The summed E-state index contributed by atoms with van der Waals surface area (Å²) in [5.41, 5.74) is 0. The number of nitrogens with zero attached hydrogens (tertiary/aromatic N) is 1. The number of carbonyl (C=O) groups excluding carboxylic acids is 2. The number of hydrogen-bond acceptors (Lipinski definition) is 5. The van der Waals surface area contributed by atoms with Crippen LogP contribution in [0.1, 0.15) is 51.9 Å². The lowest BCUT2D eigenvalue weighted by Gasteiger charge is -2.08. The standard InChI is InChI=1S/C12H21NO5/c1-3-11(14)9-8-10(13(16)17)6-4-5-7-12(15)18-2/h10H,3-9H2,1-2H3. The highest BCUT2D eigenvalue weighted by Crippen LogP contribution is 2.12. The van der Waals surface area contributed by atoms with Crippen LogP contribution in [0.15, 0.2) is 0 Å². The van der Waals surface area contributed by atoms with Crippen molar-refractivity contribution in [1.29, 1.82) is 0 Å². The number of carbonyl (C=O) groups is 2. The molecule has 6 nitrogen and oxygen atoms in total. The zero-order valence-corrected chi connectivity index (χ0v) is 11.0. The first-order valence-corrected chi connectivity index (χ1v) is 6.23. The molecule has 6 heteroatoms. The Morgan fingerprint density at radius 3 is 2.39 bits per heavy atom. The van der Waals surface area contributed by atoms with E-state index in [-0.39, 0.29) is 35.9 Å². The molecule has 0 saturated heterocycles. The summed E-state index contributed by atoms with van der Waals surface area (Å²) in [6, 6.07) is -0.682. The smallest absolute Gasteiger partial charge is 0.305 e. The molecule has 0 radical (unpaired) electrons. The van der Waals surface area contributed by atoms with Gasteiger partial charge in [0, 0.05) is 37.0 Å². The van der Waals surface area contributed by atoms with Gasteiger partial charge in [-0.2, -0.15) is 0 Å². The van der Waals surface area contributed by atoms with Crippen molar-refractivity contribution in [3.05, 3.63) is 10.1 Å². The molecule has 0 saturated carbocycles. The minimum absolute atomic E-state index is 0.0522. The van der Waals surface area contributed by atoms with Crippen LogP contribution in [0.3, 0.4) is 0 Å². The number of ether oxygens (including phenoxy) is 1. The molecule has 0 aliphatic carbocycles. The summed E-state index contributed by atoms with van der Waals surface area (Å²) >= 11 is 0. The molecule has 0 fully saturated rings. The van der Waals surface area contributed by atoms with Gasteiger partial charge in [-0.25, -0.2) is 0 Å². The second-order valence-corrected chi connectivity index (χ2v) is 4.19. The fraction of sp³-hybridized carbons (Fsp3) is 0.833. The Morgan fingerprint density at radius 2 is 1.89 bits per heavy atom. The normalized spacial score (nSPS) is 11.9. The third kappa shape index (κ3) is 7.76. The van der Waals surface area contributed by atoms with E-state index < -0.39 is 6.04 Å². The van der Waals surface area contributed by atoms with Crippen LogP contribution in [0.5, 0.6) is 0 Å². The third-order valence-corrected chi connectivity index (χ3v) is 2.84. The van der Waals surface area contributed by atoms with Crippen molar-refractivity contribution < 1.29 is 19.2 Å². The largest absolute Gasteiger partial charge is 0.469 e. The van der Waals surface area contributed by atoms with Crippen LogP contribution in [0.2, 0.25) is 0 Å². The highest BCUT2D eigenvalue weighted by atomic mass is 16.6. The number of nitro groups is 1. The second kappa shape index (κ2) is 9.56. The van der Waals surface area contributed by atoms with Gasteiger partial charge in [-0.15, -0.1) is 0 Å². The summed E-state index contributed by atoms with van der Waals surface area (Å²) in [6.45, 7) is 1.75. The molecule has 0 amide bonds. The van der Waals surface area contributed by atoms with Crippen LogP contribution >= 0.6 is 0 Å². The topological polar surface area (TPSA) is 86.5 Å². The molecule has 0 aromatic heterocycles. The van der Waals surface area contributed by atoms with Gasteiger partial charge in [-0.05, 0) is 12.8 Å². The molecular weight excluding hydrogens is 238 g/mol. The van der Waals surface area contributed by atoms with E-state index in [0.717, 1.165) is 0 Å². The fourth-order valence-electron chi connectivity index (χ4n) is 1.61. The minimum atomic E-state index is -0.682. The first kappa shape index (κ1) is 16.5. The van der Waals surface area contributed by atoms with Crippen LogP contribution in [0.4, 0.5) is 0 Å². The van der Waals surface area contributed by atoms with E-state index in [9.17, 15) is 19.7 Å². The maximum atomic E-state index is 11.1. The maximum absolute atomic E-state index is 11.1. The number of unbranched alkanes of at least 4 members (excludes halogenated alkanes) is 1. The number of hydrogen-bond donors (Lipinski definition) is 0. The molecule has 1 atom stereocenters. The minimum Gasteiger partial charge on any atom is -0.469 e. The van der Waals surface area contributed by atoms with Gasteiger partial charge < -0.3 is 4.74 Å². The summed E-state index contributed by atoms with van der Waals surface area (Å²) in [5.74, 6) is -0.245. The Labute approximate surface area is 107 Å². The highest BCUT2D eigenvalue weighted by molar-refractivity contribution is 5.77. The van der Waals surface area contributed by atoms with E-state index in [0.29, 0.717) is 25.7 Å². The summed E-state index contributed by atoms with van der Waals surface area (Å²) in [6.07, 6.45) is 2.85. The van der Waals surface area contributed by atoms with Gasteiger partial charge in [0.2, 0.25) is 6.04 Å². The molecule has 18 heavy (non-hydrogen) atoms. The fourth-order valence-corrected chi connectivity index (χ4v) is 1.61. The van der Waals surface area contributed by atoms with Gasteiger partial charge in [0.15, 0.2) is 0 Å². The summed E-state index contributed by atoms with van der Waals surface area (Å²) < 4.78 is 4.48. The molecule has 0 N–H and O–H groups in total. The van der Waals surface area contributed by atoms with Crippen LogP contribution in [-0.4, -0.2) is 29.8 Å². The molecule has 0 spiro atoms. The molecular formula is C12H21NO5. The molecule has 0 aromatic carbocycles. The van der Waals surface area contributed by atoms with Crippen molar-refractivity contribution in [3.63, 3.8) is 0 Å². The molecule has 0 heterocycles. The highest BCUT2D eigenvalue weighted by Gasteiger charge is 2.20. The van der Waals surface area contributed by atoms with Crippen LogP contribution in [0, 0.1) is 10.1 Å². The zero-order chi connectivity index (χ0) is 14.0. The number of rotatable bonds is 10. The Hall–Kier alpha value is -1.46. The van der Waals surface area contributed by atoms with Gasteiger partial charge >= 0.3 is 5.97 Å². The van der Waals surface area contributed by atoms with Crippen LogP contribution in [-0.2, 0) is 14.3 Å². The average molecular weight is 259 g/mol. The molecule has 0 aliphatic rings. The Kier molecular flexibility index (Phi) is 8.78. The van der Waals surface area contributed by atoms with Crippen molar-refractivity contribution >= 4 is 11.8 Å². The van der Waals surface area contributed by atoms with Crippen molar-refractivity contribution in [2.24, 2.45) is 0 Å². The van der Waals surface area contributed by atoms with E-state index in [2.05, 4.69) is 4.74 Å². The molecule has 1 unspecified atom stereocenters. The van der Waals surface area contributed by atoms with Crippen molar-refractivity contribution in [3.8, 4) is 0 Å². The lowest BCUT2D eigenvalue weighted by Crippen LogP contribution is -2.20. The predicted octanol–water partition coefficient (Wildman–Crippen LogP) is 2.12. The van der Waals surface area contributed by atoms with Crippen LogP contribution in [0.25, 0.3) is 0 Å². The predicted molar refractivity (Wildman–Crippen MR) is 65.8 cm³/mol. The molecule has 0 aromatic rings. The lowest BCUT2D eigenvalue weighted by molar-refractivity contribution is -0.524. The number of ketones is 1. The molecule has 0 rings (SSSR count). The lowest BCUT2D eigenvalue weighted by atomic mass is 10.0. The van der Waals surface area contributed by atoms with E-state index in [1.54, 1.807) is 6.92 Å². The van der Waals surface area contributed by atoms with Gasteiger partial charge in [-0.3, -0.25) is 19.7 Å². The van der Waals surface area contributed by atoms with Gasteiger partial charge in [0.25, 0.3) is 0 Å². The average Bonchev–Trinajstić information content (AvgIpc) is 2.36. The number of esters is 1. The second-order valence-electron chi connectivity index (χ2n) is 4.19. The maximum Gasteiger partial charge on any atom is 0.305 e. The Morgan fingerprint density at radius 1 is 1.22 bits per heavy atom. The third-order valence-electron chi connectivity index (χ3n) is 2.84. The molecule has 0 aliphatic heterocycles. The number of methoxy groups -OCH3 is 1. The van der Waals surface area contributed by atoms with Crippen molar-refractivity contribution in [2.45, 2.75) is 57.9 Å². The van der Waals surface area contributed by atoms with Gasteiger partial charge in [0.1, 0.15) is 5.78 Å². The van der Waals surface area contributed by atoms with E-state index >= 15 is 0 Å². The van der Waals surface area contributed by atoms with E-state index in [4.69, 9.17) is 0 Å². The quantitative estimate of drug-likeness (QED) is 0.259. The van der Waals surface area contributed by atoms with Crippen LogP contribution < -0.4 is 0 Å². The van der Waals surface area contributed by atoms with Gasteiger partial charge in [0.05, 0.1) is 7.11 Å². The summed E-state index contributed by atoms with van der Waals surface area (Å²) in [5, 5.41) is 10.8. The van der Waals surface area contributed by atoms with E-state index in [1.165, 1.54) is 7.11 Å². The Bertz CT molecular complexity index is 290. The monoisotopic (exact) mass is 259 g/mol. The number of Topliss-reactive ketones (excluding diaryl/α,β-unsaturated/α-hetero) is 1. The zero-order valence-electron chi connectivity index (χ0n) is 11.0. The molecule has 104 valence electrons. The van der Waals surface area contributed by atoms with Crippen molar-refractivity contribution in [2.75, 3.05) is 7.11 Å². The first-order chi connectivity index (χ1) is 8.51. The summed E-state index contributed by atoms with van der Waals surface area (Å²) in [4.78, 5) is 32.4. The molecule has 0 bridgehead atoms. The first-order valence-electron chi connectivity index (χ1n) is 6.23.